The Morgan fingerprint density at radius 3 is 2.53 bits per heavy atom. The number of nitrogens with two attached hydrogens (primary N) is 1. The van der Waals surface area contributed by atoms with Gasteiger partial charge in [0.15, 0.2) is 0 Å². The predicted octanol–water partition coefficient (Wildman–Crippen LogP) is 2.79. The molecule has 0 atom stereocenters. The summed E-state index contributed by atoms with van der Waals surface area (Å²) in [4.78, 5) is 11.6. The number of hydrogen-bond acceptors (Lipinski definition) is 4. The molecule has 1 rings (SSSR count). The Hall–Kier alpha value is -1.46. The zero-order chi connectivity index (χ0) is 13.6. The van der Waals surface area contributed by atoms with Crippen LogP contribution in [0.3, 0.4) is 0 Å². The van der Waals surface area contributed by atoms with Crippen molar-refractivity contribution in [2.24, 2.45) is 5.73 Å². The Morgan fingerprint density at radius 1 is 1.32 bits per heavy atom. The Balaban J connectivity index is 0.00000324. The molecule has 0 spiro atoms. The molecular formula is C13H21ClN2O3. The van der Waals surface area contributed by atoms with E-state index in [1.54, 1.807) is 12.1 Å². The number of para-hydroxylation sites is 2. The summed E-state index contributed by atoms with van der Waals surface area (Å²) in [6, 6.07) is 7.15. The van der Waals surface area contributed by atoms with Crippen LogP contribution < -0.4 is 15.8 Å². The van der Waals surface area contributed by atoms with Gasteiger partial charge in [0.1, 0.15) is 18.0 Å². The number of rotatable bonds is 4. The number of benzene rings is 1. The SMILES string of the molecule is CC(C)(C)OC(=O)Nc1ccccc1OCCN.Cl. The second-order valence-electron chi connectivity index (χ2n) is 4.76. The first-order chi connectivity index (χ1) is 8.42. The van der Waals surface area contributed by atoms with Gasteiger partial charge in [0.2, 0.25) is 0 Å². The maximum absolute atomic E-state index is 11.6. The van der Waals surface area contributed by atoms with Crippen molar-refractivity contribution < 1.29 is 14.3 Å². The molecule has 0 bridgehead atoms. The highest BCUT2D eigenvalue weighted by molar-refractivity contribution is 5.86. The van der Waals surface area contributed by atoms with Gasteiger partial charge in [-0.2, -0.15) is 0 Å². The molecule has 1 aromatic rings. The first kappa shape index (κ1) is 17.5. The number of hydrogen-bond donors (Lipinski definition) is 2. The summed E-state index contributed by atoms with van der Waals surface area (Å²) in [7, 11) is 0. The van der Waals surface area contributed by atoms with E-state index in [0.717, 1.165) is 0 Å². The van der Waals surface area contributed by atoms with Crippen LogP contribution >= 0.6 is 12.4 Å². The number of carbonyl (C=O) groups excluding carboxylic acids is 1. The third-order valence-corrected chi connectivity index (χ3v) is 1.90. The summed E-state index contributed by atoms with van der Waals surface area (Å²) in [5.74, 6) is 0.578. The molecule has 0 aliphatic carbocycles. The molecule has 0 fully saturated rings. The molecule has 0 saturated carbocycles. The third-order valence-electron chi connectivity index (χ3n) is 1.90. The molecular weight excluding hydrogens is 268 g/mol. The Labute approximate surface area is 119 Å². The number of ether oxygens (including phenoxy) is 2. The molecule has 0 aliphatic heterocycles. The average molecular weight is 289 g/mol. The summed E-state index contributed by atoms with van der Waals surface area (Å²) in [5.41, 5.74) is 5.41. The van der Waals surface area contributed by atoms with Crippen LogP contribution in [-0.4, -0.2) is 24.8 Å². The van der Waals surface area contributed by atoms with E-state index >= 15 is 0 Å². The average Bonchev–Trinajstić information content (AvgIpc) is 2.25. The first-order valence-corrected chi connectivity index (χ1v) is 5.84. The molecule has 0 unspecified atom stereocenters. The second kappa shape index (κ2) is 7.86. The Bertz CT molecular complexity index is 405. The van der Waals surface area contributed by atoms with Crippen molar-refractivity contribution in [3.05, 3.63) is 24.3 Å². The van der Waals surface area contributed by atoms with Gasteiger partial charge in [-0.3, -0.25) is 5.32 Å². The summed E-state index contributed by atoms with van der Waals surface area (Å²) < 4.78 is 10.6. The zero-order valence-corrected chi connectivity index (χ0v) is 12.3. The van der Waals surface area contributed by atoms with Crippen molar-refractivity contribution in [3.63, 3.8) is 0 Å². The van der Waals surface area contributed by atoms with Crippen LogP contribution in [0.4, 0.5) is 10.5 Å². The number of halogens is 1. The van der Waals surface area contributed by atoms with Crippen LogP contribution in [0.1, 0.15) is 20.8 Å². The lowest BCUT2D eigenvalue weighted by Crippen LogP contribution is -2.27. The molecule has 1 aromatic carbocycles. The van der Waals surface area contributed by atoms with Crippen LogP contribution in [0.5, 0.6) is 5.75 Å². The molecule has 0 radical (unpaired) electrons. The monoisotopic (exact) mass is 288 g/mol. The lowest BCUT2D eigenvalue weighted by Gasteiger charge is -2.20. The maximum Gasteiger partial charge on any atom is 0.412 e. The van der Waals surface area contributed by atoms with E-state index < -0.39 is 11.7 Å². The van der Waals surface area contributed by atoms with E-state index in [2.05, 4.69) is 5.32 Å². The topological polar surface area (TPSA) is 73.6 Å². The number of carbonyl (C=O) groups is 1. The van der Waals surface area contributed by atoms with Crippen LogP contribution in [0.25, 0.3) is 0 Å². The largest absolute Gasteiger partial charge is 0.490 e. The van der Waals surface area contributed by atoms with E-state index in [1.807, 2.05) is 32.9 Å². The highest BCUT2D eigenvalue weighted by Crippen LogP contribution is 2.24. The van der Waals surface area contributed by atoms with Crippen molar-refractivity contribution >= 4 is 24.2 Å². The van der Waals surface area contributed by atoms with Crippen molar-refractivity contribution in [2.75, 3.05) is 18.5 Å². The van der Waals surface area contributed by atoms with Crippen LogP contribution in [0.2, 0.25) is 0 Å². The van der Waals surface area contributed by atoms with E-state index in [-0.39, 0.29) is 12.4 Å². The van der Waals surface area contributed by atoms with E-state index in [9.17, 15) is 4.79 Å². The van der Waals surface area contributed by atoms with Gasteiger partial charge in [-0.05, 0) is 32.9 Å². The molecule has 6 heteroatoms. The number of amides is 1. The summed E-state index contributed by atoms with van der Waals surface area (Å²) in [6.45, 7) is 6.24. The normalized spacial score (nSPS) is 10.3. The lowest BCUT2D eigenvalue weighted by molar-refractivity contribution is 0.0635. The van der Waals surface area contributed by atoms with E-state index in [1.165, 1.54) is 0 Å². The molecule has 108 valence electrons. The number of anilines is 1. The van der Waals surface area contributed by atoms with Gasteiger partial charge < -0.3 is 15.2 Å². The second-order valence-corrected chi connectivity index (χ2v) is 4.76. The van der Waals surface area contributed by atoms with Crippen molar-refractivity contribution in [1.82, 2.24) is 0 Å². The fourth-order valence-corrected chi connectivity index (χ4v) is 1.28. The fourth-order valence-electron chi connectivity index (χ4n) is 1.28. The van der Waals surface area contributed by atoms with E-state index in [0.29, 0.717) is 24.6 Å². The molecule has 0 aliphatic rings. The highest BCUT2D eigenvalue weighted by atomic mass is 35.5. The van der Waals surface area contributed by atoms with Gasteiger partial charge in [0, 0.05) is 6.54 Å². The van der Waals surface area contributed by atoms with Crippen LogP contribution in [0.15, 0.2) is 24.3 Å². The van der Waals surface area contributed by atoms with Crippen molar-refractivity contribution in [2.45, 2.75) is 26.4 Å². The lowest BCUT2D eigenvalue weighted by atomic mass is 10.2. The van der Waals surface area contributed by atoms with Gasteiger partial charge in [0.05, 0.1) is 5.69 Å². The quantitative estimate of drug-likeness (QED) is 0.893. The van der Waals surface area contributed by atoms with Gasteiger partial charge in [-0.25, -0.2) is 4.79 Å². The first-order valence-electron chi connectivity index (χ1n) is 5.84. The number of nitrogens with one attached hydrogen (secondary N) is 1. The van der Waals surface area contributed by atoms with Crippen LogP contribution in [0, 0.1) is 0 Å². The molecule has 19 heavy (non-hydrogen) atoms. The minimum Gasteiger partial charge on any atom is -0.490 e. The van der Waals surface area contributed by atoms with Gasteiger partial charge >= 0.3 is 6.09 Å². The molecule has 5 nitrogen and oxygen atoms in total. The Morgan fingerprint density at radius 2 is 1.95 bits per heavy atom. The van der Waals surface area contributed by atoms with Gasteiger partial charge in [0.25, 0.3) is 0 Å². The highest BCUT2D eigenvalue weighted by Gasteiger charge is 2.17. The minimum absolute atomic E-state index is 0. The van der Waals surface area contributed by atoms with Gasteiger partial charge in [-0.15, -0.1) is 12.4 Å². The molecule has 3 N–H and O–H groups in total. The third kappa shape index (κ3) is 6.88. The standard InChI is InChI=1S/C13H20N2O3.ClH/c1-13(2,3)18-12(16)15-10-6-4-5-7-11(10)17-9-8-14;/h4-7H,8-9,14H2,1-3H3,(H,15,16);1H. The van der Waals surface area contributed by atoms with Gasteiger partial charge in [-0.1, -0.05) is 12.1 Å². The smallest absolute Gasteiger partial charge is 0.412 e. The van der Waals surface area contributed by atoms with Crippen molar-refractivity contribution in [3.8, 4) is 5.75 Å². The fraction of sp³-hybridized carbons (Fsp3) is 0.462. The summed E-state index contributed by atoms with van der Waals surface area (Å²) >= 11 is 0. The van der Waals surface area contributed by atoms with E-state index in [4.69, 9.17) is 15.2 Å². The predicted molar refractivity (Wildman–Crippen MR) is 78.1 cm³/mol. The van der Waals surface area contributed by atoms with Crippen molar-refractivity contribution in [1.29, 1.82) is 0 Å². The molecule has 0 aromatic heterocycles. The summed E-state index contributed by atoms with van der Waals surface area (Å²) in [5, 5.41) is 2.65. The molecule has 0 saturated heterocycles. The van der Waals surface area contributed by atoms with Crippen LogP contribution in [-0.2, 0) is 4.74 Å². The molecule has 0 heterocycles. The Kier molecular flexibility index (Phi) is 7.26. The summed E-state index contributed by atoms with van der Waals surface area (Å²) in [6.07, 6.45) is -0.508. The molecule has 1 amide bonds. The minimum atomic E-state index is -0.531. The zero-order valence-electron chi connectivity index (χ0n) is 11.4. The maximum atomic E-state index is 11.6.